The number of para-hydroxylation sites is 1. The van der Waals surface area contributed by atoms with Crippen molar-refractivity contribution in [2.45, 2.75) is 6.54 Å². The Morgan fingerprint density at radius 3 is 2.42 bits per heavy atom. The van der Waals surface area contributed by atoms with Gasteiger partial charge >= 0.3 is 0 Å². The molecule has 1 aromatic heterocycles. The Morgan fingerprint density at radius 2 is 1.67 bits per heavy atom. The molecule has 33 heavy (non-hydrogen) atoms. The number of aromatic nitrogens is 1. The number of non-ortho nitro benzene ring substituents is 1. The van der Waals surface area contributed by atoms with Crippen LogP contribution in [0.15, 0.2) is 97.2 Å². The first-order valence-electron chi connectivity index (χ1n) is 10.5. The molecule has 158 valence electrons. The van der Waals surface area contributed by atoms with Gasteiger partial charge in [0.25, 0.3) is 5.69 Å². The lowest BCUT2D eigenvalue weighted by atomic mass is 10.00. The van der Waals surface area contributed by atoms with Crippen LogP contribution in [-0.4, -0.2) is 9.49 Å². The van der Waals surface area contributed by atoms with Crippen LogP contribution in [0.1, 0.15) is 16.7 Å². The van der Waals surface area contributed by atoms with E-state index < -0.39 is 4.92 Å². The van der Waals surface area contributed by atoms with Gasteiger partial charge in [0, 0.05) is 41.3 Å². The van der Waals surface area contributed by atoms with Crippen LogP contribution in [0.5, 0.6) is 0 Å². The minimum atomic E-state index is -0.395. The Hall–Kier alpha value is -4.69. The fourth-order valence-corrected chi connectivity index (χ4v) is 4.13. The number of allylic oxidation sites excluding steroid dienone is 1. The molecule has 0 unspecified atom stereocenters. The summed E-state index contributed by atoms with van der Waals surface area (Å²) < 4.78 is 2.11. The van der Waals surface area contributed by atoms with Crippen molar-refractivity contribution in [1.82, 2.24) is 4.57 Å². The summed E-state index contributed by atoms with van der Waals surface area (Å²) in [6.45, 7) is 0.574. The molecule has 0 saturated heterocycles. The molecule has 0 N–H and O–H groups in total. The zero-order valence-corrected chi connectivity index (χ0v) is 17.7. The van der Waals surface area contributed by atoms with Gasteiger partial charge in [-0.2, -0.15) is 5.26 Å². The summed E-state index contributed by atoms with van der Waals surface area (Å²) in [4.78, 5) is 10.5. The van der Waals surface area contributed by atoms with E-state index in [4.69, 9.17) is 0 Å². The van der Waals surface area contributed by atoms with Crippen molar-refractivity contribution in [3.63, 3.8) is 0 Å². The zero-order chi connectivity index (χ0) is 22.8. The monoisotopic (exact) mass is 429 g/mol. The predicted molar refractivity (Wildman–Crippen MR) is 132 cm³/mol. The topological polar surface area (TPSA) is 71.9 Å². The second-order valence-corrected chi connectivity index (χ2v) is 7.88. The first kappa shape index (κ1) is 20.2. The lowest BCUT2D eigenvalue weighted by Gasteiger charge is -2.05. The molecule has 0 aliphatic rings. The maximum atomic E-state index is 10.9. The minimum absolute atomic E-state index is 0.0776. The molecule has 5 nitrogen and oxygen atoms in total. The highest BCUT2D eigenvalue weighted by atomic mass is 16.6. The summed E-state index contributed by atoms with van der Waals surface area (Å²) in [5.74, 6) is 0. The third kappa shape index (κ3) is 3.98. The number of nitro groups is 1. The van der Waals surface area contributed by atoms with Crippen molar-refractivity contribution in [3.8, 4) is 6.07 Å². The summed E-state index contributed by atoms with van der Waals surface area (Å²) in [6, 6.07) is 31.2. The number of nitrogens with zero attached hydrogens (tertiary/aromatic N) is 3. The predicted octanol–water partition coefficient (Wildman–Crippen LogP) is 6.82. The average Bonchev–Trinajstić information content (AvgIpc) is 3.19. The van der Waals surface area contributed by atoms with E-state index in [1.165, 1.54) is 12.1 Å². The maximum Gasteiger partial charge on any atom is 0.269 e. The molecule has 0 bridgehead atoms. The van der Waals surface area contributed by atoms with Gasteiger partial charge in [-0.15, -0.1) is 0 Å². The third-order valence-electron chi connectivity index (χ3n) is 5.80. The first-order chi connectivity index (χ1) is 16.1. The highest BCUT2D eigenvalue weighted by Crippen LogP contribution is 2.28. The molecule has 0 amide bonds. The third-order valence-corrected chi connectivity index (χ3v) is 5.80. The second kappa shape index (κ2) is 8.45. The largest absolute Gasteiger partial charge is 0.342 e. The Kier molecular flexibility index (Phi) is 5.18. The van der Waals surface area contributed by atoms with Gasteiger partial charge in [0.05, 0.1) is 16.6 Å². The zero-order valence-electron chi connectivity index (χ0n) is 17.7. The number of nitro benzene ring substituents is 1. The highest BCUT2D eigenvalue weighted by molar-refractivity contribution is 5.99. The summed E-state index contributed by atoms with van der Waals surface area (Å²) in [7, 11) is 0. The normalized spacial score (nSPS) is 11.5. The Morgan fingerprint density at radius 1 is 0.939 bits per heavy atom. The van der Waals surface area contributed by atoms with Crippen LogP contribution in [0.3, 0.4) is 0 Å². The van der Waals surface area contributed by atoms with Gasteiger partial charge in [-0.1, -0.05) is 66.7 Å². The van der Waals surface area contributed by atoms with E-state index in [9.17, 15) is 15.4 Å². The molecule has 0 fully saturated rings. The molecule has 5 heteroatoms. The number of nitriles is 1. The van der Waals surface area contributed by atoms with Crippen LogP contribution < -0.4 is 0 Å². The van der Waals surface area contributed by atoms with Crippen LogP contribution in [0.25, 0.3) is 33.3 Å². The lowest BCUT2D eigenvalue weighted by molar-refractivity contribution is -0.384. The van der Waals surface area contributed by atoms with Crippen molar-refractivity contribution in [2.75, 3.05) is 0 Å². The van der Waals surface area contributed by atoms with Crippen LogP contribution in [0, 0.1) is 21.4 Å². The lowest BCUT2D eigenvalue weighted by Crippen LogP contribution is -1.98. The van der Waals surface area contributed by atoms with Gasteiger partial charge in [-0.25, -0.2) is 0 Å². The number of fused-ring (bicyclic) bond motifs is 2. The average molecular weight is 429 g/mol. The number of benzene rings is 4. The van der Waals surface area contributed by atoms with E-state index >= 15 is 0 Å². The number of hydrogen-bond acceptors (Lipinski definition) is 3. The second-order valence-electron chi connectivity index (χ2n) is 7.88. The molecule has 0 radical (unpaired) electrons. The maximum absolute atomic E-state index is 10.9. The molecular weight excluding hydrogens is 410 g/mol. The Balaban J connectivity index is 1.55. The standard InChI is InChI=1S/C28H19N3O2/c29-17-24(23-12-11-21-5-1-2-6-22(21)15-23)16-25-19-30(28-8-4-3-7-27(25)28)18-20-9-13-26(14-10-20)31(32)33/h1-16,19H,18H2. The van der Waals surface area contributed by atoms with Crippen LogP contribution in [0.4, 0.5) is 5.69 Å². The smallest absolute Gasteiger partial charge is 0.269 e. The fraction of sp³-hybridized carbons (Fsp3) is 0.0357. The molecule has 5 aromatic rings. The molecule has 0 atom stereocenters. The van der Waals surface area contributed by atoms with Gasteiger partial charge < -0.3 is 4.57 Å². The molecule has 1 heterocycles. The van der Waals surface area contributed by atoms with Crippen molar-refractivity contribution >= 4 is 39.0 Å². The van der Waals surface area contributed by atoms with Crippen molar-refractivity contribution in [2.24, 2.45) is 0 Å². The summed E-state index contributed by atoms with van der Waals surface area (Å²) in [5, 5.41) is 24.1. The number of hydrogen-bond donors (Lipinski definition) is 0. The summed E-state index contributed by atoms with van der Waals surface area (Å²) in [5.41, 5.74) is 4.51. The van der Waals surface area contributed by atoms with Crippen LogP contribution in [-0.2, 0) is 6.54 Å². The van der Waals surface area contributed by atoms with E-state index in [1.54, 1.807) is 12.1 Å². The van der Waals surface area contributed by atoms with E-state index in [0.717, 1.165) is 38.4 Å². The molecule has 5 rings (SSSR count). The summed E-state index contributed by atoms with van der Waals surface area (Å²) in [6.07, 6.45) is 3.96. The van der Waals surface area contributed by atoms with Gasteiger partial charge in [0.15, 0.2) is 0 Å². The van der Waals surface area contributed by atoms with Crippen LogP contribution in [0.2, 0.25) is 0 Å². The molecule has 0 saturated carbocycles. The van der Waals surface area contributed by atoms with E-state index in [-0.39, 0.29) is 5.69 Å². The molecular formula is C28H19N3O2. The molecule has 4 aromatic carbocycles. The van der Waals surface area contributed by atoms with E-state index in [1.807, 2.05) is 72.9 Å². The fourth-order valence-electron chi connectivity index (χ4n) is 4.13. The Bertz CT molecular complexity index is 1570. The number of rotatable bonds is 5. The van der Waals surface area contributed by atoms with Crippen LogP contribution >= 0.6 is 0 Å². The van der Waals surface area contributed by atoms with Crippen molar-refractivity contribution in [3.05, 3.63) is 124 Å². The minimum Gasteiger partial charge on any atom is -0.342 e. The van der Waals surface area contributed by atoms with E-state index in [0.29, 0.717) is 12.1 Å². The summed E-state index contributed by atoms with van der Waals surface area (Å²) >= 11 is 0. The highest BCUT2D eigenvalue weighted by Gasteiger charge is 2.11. The Labute approximate surface area is 190 Å². The van der Waals surface area contributed by atoms with Gasteiger partial charge in [0.2, 0.25) is 0 Å². The SMILES string of the molecule is N#CC(=Cc1cn(Cc2ccc([N+](=O)[O-])cc2)c2ccccc12)c1ccc2ccccc2c1. The quantitative estimate of drug-likeness (QED) is 0.175. The van der Waals surface area contributed by atoms with E-state index in [2.05, 4.69) is 16.7 Å². The van der Waals surface area contributed by atoms with Crippen molar-refractivity contribution in [1.29, 1.82) is 5.26 Å². The first-order valence-corrected chi connectivity index (χ1v) is 10.5. The van der Waals surface area contributed by atoms with Gasteiger partial charge in [0.1, 0.15) is 0 Å². The molecule has 0 aliphatic heterocycles. The van der Waals surface area contributed by atoms with Gasteiger partial charge in [-0.05, 0) is 40.1 Å². The molecule has 0 spiro atoms. The van der Waals surface area contributed by atoms with Gasteiger partial charge in [-0.3, -0.25) is 10.1 Å². The molecule has 0 aliphatic carbocycles. The van der Waals surface area contributed by atoms with Crippen molar-refractivity contribution < 1.29 is 4.92 Å².